The zero-order chi connectivity index (χ0) is 35.8. The summed E-state index contributed by atoms with van der Waals surface area (Å²) in [5.74, 6) is 2.52. The highest BCUT2D eigenvalue weighted by Gasteiger charge is 2.58. The summed E-state index contributed by atoms with van der Waals surface area (Å²) < 4.78 is 57.9. The Bertz CT molecular complexity index is 1800. The highest BCUT2D eigenvalue weighted by atomic mass is 19.4. The van der Waals surface area contributed by atoms with E-state index in [1.807, 2.05) is 0 Å². The van der Waals surface area contributed by atoms with Crippen LogP contribution in [0.5, 0.6) is 0 Å². The number of ether oxygens (including phenoxy) is 3. The average Bonchev–Trinajstić information content (AvgIpc) is 3.50. The first-order valence-corrected chi connectivity index (χ1v) is 14.8. The summed E-state index contributed by atoms with van der Waals surface area (Å²) in [4.78, 5) is 51.9. The molecule has 3 aromatic rings. The van der Waals surface area contributed by atoms with Crippen molar-refractivity contribution in [2.24, 2.45) is 13.0 Å². The second kappa shape index (κ2) is 12.9. The number of halogens is 3. The first-order chi connectivity index (χ1) is 22.1. The van der Waals surface area contributed by atoms with Crippen molar-refractivity contribution < 1.29 is 41.8 Å². The van der Waals surface area contributed by atoms with Crippen LogP contribution >= 0.6 is 0 Å². The highest BCUT2D eigenvalue weighted by Crippen LogP contribution is 2.51. The minimum Gasteiger partial charge on any atom is -0.444 e. The molecule has 0 aromatic carbocycles. The van der Waals surface area contributed by atoms with Gasteiger partial charge in [-0.1, -0.05) is 12.0 Å². The first kappa shape index (κ1) is 35.9. The molecule has 0 radical (unpaired) electrons. The van der Waals surface area contributed by atoms with Gasteiger partial charge in [0.05, 0.1) is 35.2 Å². The van der Waals surface area contributed by atoms with E-state index in [0.717, 1.165) is 4.90 Å². The molecular formula is C32H38F3N7O6. The minimum absolute atomic E-state index is 0.109. The number of nitrogens with zero attached hydrogens (tertiary/aromatic N) is 5. The molecule has 2 N–H and O–H groups in total. The molecule has 3 heterocycles. The summed E-state index contributed by atoms with van der Waals surface area (Å²) in [6.07, 6.45) is -4.85. The van der Waals surface area contributed by atoms with Crippen molar-refractivity contribution in [2.45, 2.75) is 70.9 Å². The van der Waals surface area contributed by atoms with Crippen LogP contribution in [-0.4, -0.2) is 75.8 Å². The molecule has 0 aliphatic heterocycles. The summed E-state index contributed by atoms with van der Waals surface area (Å²) in [6, 6.07) is 4.98. The Hall–Kier alpha value is -4.91. The van der Waals surface area contributed by atoms with E-state index in [2.05, 4.69) is 32.1 Å². The minimum atomic E-state index is -5.25. The van der Waals surface area contributed by atoms with E-state index < -0.39 is 46.8 Å². The summed E-state index contributed by atoms with van der Waals surface area (Å²) in [6.45, 7) is 10.5. The average molecular weight is 674 g/mol. The van der Waals surface area contributed by atoms with E-state index in [1.54, 1.807) is 79.2 Å². The van der Waals surface area contributed by atoms with Crippen LogP contribution in [0.2, 0.25) is 0 Å². The van der Waals surface area contributed by atoms with Gasteiger partial charge in [0, 0.05) is 27.1 Å². The van der Waals surface area contributed by atoms with Crippen molar-refractivity contribution in [2.75, 3.05) is 31.0 Å². The van der Waals surface area contributed by atoms with Gasteiger partial charge in [-0.15, -0.1) is 0 Å². The summed E-state index contributed by atoms with van der Waals surface area (Å²) in [5, 5.41) is 4.71. The van der Waals surface area contributed by atoms with Crippen LogP contribution in [-0.2, 0) is 31.6 Å². The normalized spacial score (nSPS) is 17.6. The zero-order valence-electron chi connectivity index (χ0n) is 28.1. The zero-order valence-corrected chi connectivity index (χ0v) is 28.1. The largest absolute Gasteiger partial charge is 0.471 e. The summed E-state index contributed by atoms with van der Waals surface area (Å²) in [5.41, 5.74) is -1.65. The molecule has 0 spiro atoms. The smallest absolute Gasteiger partial charge is 0.444 e. The number of carbonyl (C=O) groups excluding carboxylic acids is 3. The Morgan fingerprint density at radius 3 is 2.33 bits per heavy atom. The van der Waals surface area contributed by atoms with Crippen LogP contribution in [0, 0.1) is 17.8 Å². The number of aromatic nitrogens is 4. The van der Waals surface area contributed by atoms with Crippen LogP contribution < -0.4 is 15.5 Å². The molecule has 1 aliphatic carbocycles. The van der Waals surface area contributed by atoms with Gasteiger partial charge in [0.2, 0.25) is 0 Å². The summed E-state index contributed by atoms with van der Waals surface area (Å²) in [7, 11) is 4.43. The van der Waals surface area contributed by atoms with E-state index in [1.165, 1.54) is 17.9 Å². The lowest BCUT2D eigenvalue weighted by Gasteiger charge is -2.25. The van der Waals surface area contributed by atoms with Gasteiger partial charge < -0.3 is 29.4 Å². The van der Waals surface area contributed by atoms with Crippen molar-refractivity contribution in [1.82, 2.24) is 24.8 Å². The fourth-order valence-corrected chi connectivity index (χ4v) is 4.88. The van der Waals surface area contributed by atoms with Gasteiger partial charge in [-0.2, -0.15) is 13.2 Å². The molecule has 4 rings (SSSR count). The number of amides is 3. The van der Waals surface area contributed by atoms with Crippen LogP contribution in [0.1, 0.15) is 64.9 Å². The number of hydrogen-bond acceptors (Lipinski definition) is 9. The standard InChI is InChI=1S/C32H38F3N7O6/c1-29(2,3)47-27(44)40-31(15-18(31)16-46-9)21-12-10-11-19(37-21)13-14-20-23-22(36-17-41(23)7)25(42(8)28(45)48-30(4,5)6)38-24(20)39-26(43)32(33,34)35/h10-12,17-18H,15-16H2,1-9H3,(H,40,44)(H,38,39,43)/t18?,31-/m0/s1. The maximum Gasteiger partial charge on any atom is 0.471 e. The van der Waals surface area contributed by atoms with E-state index in [4.69, 9.17) is 14.2 Å². The lowest BCUT2D eigenvalue weighted by atomic mass is 10.1. The molecule has 13 nitrogen and oxygen atoms in total. The molecule has 258 valence electrons. The van der Waals surface area contributed by atoms with E-state index >= 15 is 0 Å². The fourth-order valence-electron chi connectivity index (χ4n) is 4.88. The monoisotopic (exact) mass is 673 g/mol. The van der Waals surface area contributed by atoms with E-state index in [9.17, 15) is 27.6 Å². The Kier molecular flexibility index (Phi) is 9.69. The second-order valence-corrected chi connectivity index (χ2v) is 13.3. The molecule has 1 fully saturated rings. The van der Waals surface area contributed by atoms with Crippen LogP contribution in [0.25, 0.3) is 11.0 Å². The number of pyridine rings is 2. The topological polar surface area (TPSA) is 150 Å². The Balaban J connectivity index is 1.82. The van der Waals surface area contributed by atoms with Gasteiger partial charge in [-0.3, -0.25) is 9.69 Å². The van der Waals surface area contributed by atoms with E-state index in [-0.39, 0.29) is 34.0 Å². The number of anilines is 2. The number of hydrogen-bond donors (Lipinski definition) is 2. The van der Waals surface area contributed by atoms with Gasteiger partial charge >= 0.3 is 24.3 Å². The third-order valence-corrected chi connectivity index (χ3v) is 7.03. The Morgan fingerprint density at radius 1 is 1.06 bits per heavy atom. The number of imidazole rings is 1. The molecule has 1 unspecified atom stereocenters. The fraction of sp³-hybridized carbons (Fsp3) is 0.500. The van der Waals surface area contributed by atoms with Crippen molar-refractivity contribution in [3.63, 3.8) is 0 Å². The number of fused-ring (bicyclic) bond motifs is 1. The first-order valence-electron chi connectivity index (χ1n) is 14.8. The molecule has 3 amide bonds. The maximum absolute atomic E-state index is 13.4. The van der Waals surface area contributed by atoms with Gasteiger partial charge in [0.1, 0.15) is 22.4 Å². The number of aryl methyl sites for hydroxylation is 1. The van der Waals surface area contributed by atoms with Crippen LogP contribution in [0.4, 0.5) is 34.4 Å². The molecule has 1 aliphatic rings. The molecule has 2 atom stereocenters. The third-order valence-electron chi connectivity index (χ3n) is 7.03. The highest BCUT2D eigenvalue weighted by molar-refractivity contribution is 6.03. The van der Waals surface area contributed by atoms with Crippen molar-refractivity contribution in [3.05, 3.63) is 41.5 Å². The summed E-state index contributed by atoms with van der Waals surface area (Å²) >= 11 is 0. The molecule has 0 bridgehead atoms. The number of alkyl halides is 3. The van der Waals surface area contributed by atoms with Crippen molar-refractivity contribution in [3.8, 4) is 11.8 Å². The molecular weight excluding hydrogens is 635 g/mol. The van der Waals surface area contributed by atoms with Crippen molar-refractivity contribution >= 4 is 40.8 Å². The predicted octanol–water partition coefficient (Wildman–Crippen LogP) is 5.02. The van der Waals surface area contributed by atoms with Crippen LogP contribution in [0.3, 0.4) is 0 Å². The second-order valence-electron chi connectivity index (χ2n) is 13.3. The third kappa shape index (κ3) is 8.14. The maximum atomic E-state index is 13.4. The number of nitrogens with one attached hydrogen (secondary N) is 2. The molecule has 16 heteroatoms. The Labute approximate surface area is 275 Å². The number of rotatable bonds is 6. The van der Waals surface area contributed by atoms with E-state index in [0.29, 0.717) is 18.7 Å². The van der Waals surface area contributed by atoms with Gasteiger partial charge in [0.15, 0.2) is 11.6 Å². The van der Waals surface area contributed by atoms with Gasteiger partial charge in [-0.25, -0.2) is 24.5 Å². The number of alkyl carbamates (subject to hydrolysis) is 1. The Morgan fingerprint density at radius 2 is 1.73 bits per heavy atom. The predicted molar refractivity (Wildman–Crippen MR) is 169 cm³/mol. The van der Waals surface area contributed by atoms with Crippen molar-refractivity contribution in [1.29, 1.82) is 0 Å². The lowest BCUT2D eigenvalue weighted by Crippen LogP contribution is -2.41. The SMILES string of the molecule is COCC1C[C@@]1(NC(=O)OC(C)(C)C)c1cccc(C#Cc2c(NC(=O)C(F)(F)F)nc(N(C)C(=O)OC(C)(C)C)c3ncn(C)c23)n1. The molecule has 3 aromatic heterocycles. The molecule has 0 saturated heterocycles. The quantitative estimate of drug-likeness (QED) is 0.344. The molecule has 1 saturated carbocycles. The van der Waals surface area contributed by atoms with Gasteiger partial charge in [0.25, 0.3) is 0 Å². The lowest BCUT2D eigenvalue weighted by molar-refractivity contribution is -0.167. The molecule has 48 heavy (non-hydrogen) atoms. The number of methoxy groups -OCH3 is 1. The van der Waals surface area contributed by atoms with Crippen LogP contribution in [0.15, 0.2) is 24.5 Å². The number of carbonyl (C=O) groups is 3. The van der Waals surface area contributed by atoms with Gasteiger partial charge in [-0.05, 0) is 66.0 Å².